The molecule has 1 aromatic rings. The van der Waals surface area contributed by atoms with Crippen LogP contribution in [0.2, 0.25) is 0 Å². The summed E-state index contributed by atoms with van der Waals surface area (Å²) in [6.45, 7) is 6.48. The third kappa shape index (κ3) is 4.17. The number of esters is 1. The van der Waals surface area contributed by atoms with Crippen LogP contribution in [0.4, 0.5) is 0 Å². The van der Waals surface area contributed by atoms with E-state index in [9.17, 15) is 4.79 Å². The van der Waals surface area contributed by atoms with Gasteiger partial charge in [-0.15, -0.1) is 0 Å². The highest BCUT2D eigenvalue weighted by Gasteiger charge is 2.25. The molecule has 0 saturated heterocycles. The standard InChI is InChI=1S/C14H21NO2/c1-4-11(3)13(14(16)17-5-2)9-12-7-6-8-15-10-12/h6-8,10-11,13H,4-5,9H2,1-3H3. The first kappa shape index (κ1) is 13.7. The molecule has 0 radical (unpaired) electrons. The SMILES string of the molecule is CCOC(=O)C(Cc1cccnc1)C(C)CC. The summed E-state index contributed by atoms with van der Waals surface area (Å²) < 4.78 is 5.14. The lowest BCUT2D eigenvalue weighted by Crippen LogP contribution is -2.26. The van der Waals surface area contributed by atoms with Crippen molar-refractivity contribution in [1.29, 1.82) is 0 Å². The van der Waals surface area contributed by atoms with Crippen molar-refractivity contribution in [2.45, 2.75) is 33.6 Å². The van der Waals surface area contributed by atoms with Gasteiger partial charge in [-0.25, -0.2) is 0 Å². The topological polar surface area (TPSA) is 39.2 Å². The van der Waals surface area contributed by atoms with E-state index in [1.807, 2.05) is 25.3 Å². The number of carbonyl (C=O) groups is 1. The Morgan fingerprint density at radius 2 is 2.24 bits per heavy atom. The molecule has 17 heavy (non-hydrogen) atoms. The van der Waals surface area contributed by atoms with E-state index in [2.05, 4.69) is 18.8 Å². The van der Waals surface area contributed by atoms with E-state index in [-0.39, 0.29) is 11.9 Å². The minimum atomic E-state index is -0.0919. The summed E-state index contributed by atoms with van der Waals surface area (Å²) in [6.07, 6.45) is 5.24. The Morgan fingerprint density at radius 1 is 1.47 bits per heavy atom. The molecule has 2 atom stereocenters. The van der Waals surface area contributed by atoms with Crippen LogP contribution in [0.25, 0.3) is 0 Å². The van der Waals surface area contributed by atoms with Crippen molar-refractivity contribution in [3.8, 4) is 0 Å². The lowest BCUT2D eigenvalue weighted by atomic mass is 9.87. The van der Waals surface area contributed by atoms with Gasteiger partial charge in [0.2, 0.25) is 0 Å². The second-order valence-corrected chi connectivity index (χ2v) is 4.31. The number of carbonyl (C=O) groups excluding carboxylic acids is 1. The molecular formula is C14H21NO2. The summed E-state index contributed by atoms with van der Waals surface area (Å²) in [5.41, 5.74) is 1.09. The molecule has 1 heterocycles. The molecule has 1 aromatic heterocycles. The zero-order chi connectivity index (χ0) is 12.7. The van der Waals surface area contributed by atoms with Crippen molar-refractivity contribution in [2.24, 2.45) is 11.8 Å². The first-order valence-corrected chi connectivity index (χ1v) is 6.24. The van der Waals surface area contributed by atoms with Crippen molar-refractivity contribution in [3.63, 3.8) is 0 Å². The highest BCUT2D eigenvalue weighted by molar-refractivity contribution is 5.73. The molecule has 0 aromatic carbocycles. The van der Waals surface area contributed by atoms with E-state index in [1.54, 1.807) is 6.20 Å². The highest BCUT2D eigenvalue weighted by atomic mass is 16.5. The van der Waals surface area contributed by atoms with Gasteiger partial charge in [0, 0.05) is 12.4 Å². The molecular weight excluding hydrogens is 214 g/mol. The fourth-order valence-electron chi connectivity index (χ4n) is 1.82. The second-order valence-electron chi connectivity index (χ2n) is 4.31. The number of nitrogens with zero attached hydrogens (tertiary/aromatic N) is 1. The van der Waals surface area contributed by atoms with Crippen LogP contribution in [0.3, 0.4) is 0 Å². The molecule has 0 aliphatic rings. The zero-order valence-electron chi connectivity index (χ0n) is 10.8. The Morgan fingerprint density at radius 3 is 2.76 bits per heavy atom. The maximum absolute atomic E-state index is 11.9. The normalized spacial score (nSPS) is 14.1. The highest BCUT2D eigenvalue weighted by Crippen LogP contribution is 2.21. The Kier molecular flexibility index (Phi) is 5.67. The fraction of sp³-hybridized carbons (Fsp3) is 0.571. The Balaban J connectivity index is 2.73. The van der Waals surface area contributed by atoms with E-state index >= 15 is 0 Å². The Hall–Kier alpha value is -1.38. The molecule has 0 spiro atoms. The van der Waals surface area contributed by atoms with Gasteiger partial charge in [0.1, 0.15) is 0 Å². The maximum atomic E-state index is 11.9. The number of ether oxygens (including phenoxy) is 1. The number of hydrogen-bond acceptors (Lipinski definition) is 3. The molecule has 1 rings (SSSR count). The average Bonchev–Trinajstić information content (AvgIpc) is 2.36. The van der Waals surface area contributed by atoms with E-state index in [1.165, 1.54) is 0 Å². The molecule has 0 amide bonds. The maximum Gasteiger partial charge on any atom is 0.309 e. The monoisotopic (exact) mass is 235 g/mol. The summed E-state index contributed by atoms with van der Waals surface area (Å²) in [6, 6.07) is 3.90. The van der Waals surface area contributed by atoms with Crippen molar-refractivity contribution >= 4 is 5.97 Å². The molecule has 0 saturated carbocycles. The van der Waals surface area contributed by atoms with E-state index < -0.39 is 0 Å². The van der Waals surface area contributed by atoms with Crippen LogP contribution in [0.1, 0.15) is 32.8 Å². The fourth-order valence-corrected chi connectivity index (χ4v) is 1.82. The average molecular weight is 235 g/mol. The number of aromatic nitrogens is 1. The van der Waals surface area contributed by atoms with Gasteiger partial charge >= 0.3 is 5.97 Å². The first-order chi connectivity index (χ1) is 8.19. The summed E-state index contributed by atoms with van der Waals surface area (Å²) in [5, 5.41) is 0. The number of pyridine rings is 1. The lowest BCUT2D eigenvalue weighted by molar-refractivity contribution is -0.149. The molecule has 3 heteroatoms. The minimum absolute atomic E-state index is 0.0656. The smallest absolute Gasteiger partial charge is 0.309 e. The van der Waals surface area contributed by atoms with E-state index in [0.29, 0.717) is 18.9 Å². The Labute approximate surface area is 103 Å². The Bertz CT molecular complexity index is 337. The minimum Gasteiger partial charge on any atom is -0.466 e. The van der Waals surface area contributed by atoms with Gasteiger partial charge in [-0.2, -0.15) is 0 Å². The molecule has 2 unspecified atom stereocenters. The quantitative estimate of drug-likeness (QED) is 0.712. The summed E-state index contributed by atoms with van der Waals surface area (Å²) in [4.78, 5) is 16.0. The van der Waals surface area contributed by atoms with Crippen molar-refractivity contribution in [2.75, 3.05) is 6.61 Å². The van der Waals surface area contributed by atoms with Crippen molar-refractivity contribution < 1.29 is 9.53 Å². The summed E-state index contributed by atoms with van der Waals surface area (Å²) >= 11 is 0. The lowest BCUT2D eigenvalue weighted by Gasteiger charge is -2.21. The van der Waals surface area contributed by atoms with Crippen LogP contribution in [0.15, 0.2) is 24.5 Å². The van der Waals surface area contributed by atoms with Crippen LogP contribution >= 0.6 is 0 Å². The number of hydrogen-bond donors (Lipinski definition) is 0. The van der Waals surface area contributed by atoms with E-state index in [0.717, 1.165) is 12.0 Å². The second kappa shape index (κ2) is 7.05. The third-order valence-electron chi connectivity index (χ3n) is 3.10. The van der Waals surface area contributed by atoms with Crippen molar-refractivity contribution in [1.82, 2.24) is 4.98 Å². The largest absolute Gasteiger partial charge is 0.466 e. The molecule has 0 bridgehead atoms. The van der Waals surface area contributed by atoms with Gasteiger partial charge in [-0.05, 0) is 30.9 Å². The van der Waals surface area contributed by atoms with Crippen LogP contribution in [-0.4, -0.2) is 17.6 Å². The van der Waals surface area contributed by atoms with Crippen LogP contribution in [0.5, 0.6) is 0 Å². The molecule has 0 aliphatic heterocycles. The molecule has 0 fully saturated rings. The summed E-state index contributed by atoms with van der Waals surface area (Å²) in [5.74, 6) is 0.170. The predicted octanol–water partition coefficient (Wildman–Crippen LogP) is 2.85. The molecule has 0 aliphatic carbocycles. The van der Waals surface area contributed by atoms with Crippen LogP contribution < -0.4 is 0 Å². The molecule has 0 N–H and O–H groups in total. The molecule has 94 valence electrons. The van der Waals surface area contributed by atoms with Gasteiger partial charge in [0.05, 0.1) is 12.5 Å². The van der Waals surface area contributed by atoms with Gasteiger partial charge < -0.3 is 4.74 Å². The predicted molar refractivity (Wildman–Crippen MR) is 67.5 cm³/mol. The van der Waals surface area contributed by atoms with Gasteiger partial charge in [-0.1, -0.05) is 26.3 Å². The van der Waals surface area contributed by atoms with Crippen LogP contribution in [-0.2, 0) is 16.0 Å². The van der Waals surface area contributed by atoms with Crippen LogP contribution in [0, 0.1) is 11.8 Å². The van der Waals surface area contributed by atoms with Gasteiger partial charge in [0.15, 0.2) is 0 Å². The molecule has 3 nitrogen and oxygen atoms in total. The summed E-state index contributed by atoms with van der Waals surface area (Å²) in [7, 11) is 0. The van der Waals surface area contributed by atoms with E-state index in [4.69, 9.17) is 4.74 Å². The van der Waals surface area contributed by atoms with Gasteiger partial charge in [0.25, 0.3) is 0 Å². The first-order valence-electron chi connectivity index (χ1n) is 6.24. The number of rotatable bonds is 6. The zero-order valence-corrected chi connectivity index (χ0v) is 10.8. The third-order valence-corrected chi connectivity index (χ3v) is 3.10. The van der Waals surface area contributed by atoms with Crippen molar-refractivity contribution in [3.05, 3.63) is 30.1 Å². The van der Waals surface area contributed by atoms with Gasteiger partial charge in [-0.3, -0.25) is 9.78 Å².